The largest absolute Gasteiger partial charge is 0.302 e. The highest BCUT2D eigenvalue weighted by molar-refractivity contribution is 5.61. The van der Waals surface area contributed by atoms with E-state index in [0.717, 1.165) is 25.7 Å². The number of hydrogen-bond donors (Lipinski definition) is 0. The summed E-state index contributed by atoms with van der Waals surface area (Å²) in [6.07, 6.45) is 8.41. The summed E-state index contributed by atoms with van der Waals surface area (Å²) in [6.45, 7) is 0. The van der Waals surface area contributed by atoms with Gasteiger partial charge in [0.2, 0.25) is 0 Å². The second kappa shape index (κ2) is 4.62. The monoisotopic (exact) mass is 371 g/mol. The lowest BCUT2D eigenvalue weighted by Gasteiger charge is -2.54. The van der Waals surface area contributed by atoms with Crippen LogP contribution >= 0.6 is 0 Å². The first kappa shape index (κ1) is 14.6. The molecule has 1 atom stereocenters. The van der Waals surface area contributed by atoms with Gasteiger partial charge in [-0.1, -0.05) is 42.1 Å². The van der Waals surface area contributed by atoms with Crippen LogP contribution in [0.5, 0.6) is 0 Å². The highest BCUT2D eigenvalue weighted by Crippen LogP contribution is 2.55. The standard InChI is InChI=1S/C27H19N2/c1-5-17-13-21-9-3-11-23-15-19-7-2-8-20-16-24-12-4-10-22-14-18(6-1)25(17)27(26(19)20,28(21)23)29(22)24/h1-11H,13-16H2/q+1/t27-/m0/s1. The Morgan fingerprint density at radius 3 is 2.00 bits per heavy atom. The Kier molecular flexibility index (Phi) is 2.33. The van der Waals surface area contributed by atoms with E-state index in [1.54, 1.807) is 0 Å². The van der Waals surface area contributed by atoms with E-state index in [-0.39, 0.29) is 5.66 Å². The van der Waals surface area contributed by atoms with Gasteiger partial charge in [-0.25, -0.2) is 0 Å². The van der Waals surface area contributed by atoms with E-state index in [2.05, 4.69) is 81.9 Å². The maximum atomic E-state index is 3.62. The topological polar surface area (TPSA) is 7.12 Å². The molecule has 3 aromatic rings. The lowest BCUT2D eigenvalue weighted by atomic mass is 9.67. The van der Waals surface area contributed by atoms with Crippen LogP contribution in [0.4, 0.5) is 0 Å². The summed E-state index contributed by atoms with van der Waals surface area (Å²) in [7, 11) is 0. The molecule has 2 heteroatoms. The van der Waals surface area contributed by atoms with Crippen LogP contribution in [0, 0.1) is 0 Å². The molecule has 1 spiro atoms. The quantitative estimate of drug-likeness (QED) is 0.430. The van der Waals surface area contributed by atoms with Gasteiger partial charge < -0.3 is 0 Å². The molecule has 0 unspecified atom stereocenters. The van der Waals surface area contributed by atoms with Crippen molar-refractivity contribution in [2.24, 2.45) is 0 Å². The average Bonchev–Trinajstić information content (AvgIpc) is 2.74. The molecule has 2 aromatic carbocycles. The molecule has 5 aliphatic rings. The lowest BCUT2D eigenvalue weighted by Crippen LogP contribution is -2.75. The van der Waals surface area contributed by atoms with Gasteiger partial charge in [0.1, 0.15) is 0 Å². The van der Waals surface area contributed by atoms with Crippen molar-refractivity contribution in [1.29, 1.82) is 0 Å². The Morgan fingerprint density at radius 1 is 0.724 bits per heavy atom. The fourth-order valence-electron chi connectivity index (χ4n) is 6.74. The van der Waals surface area contributed by atoms with Crippen molar-refractivity contribution >= 4 is 0 Å². The van der Waals surface area contributed by atoms with Gasteiger partial charge >= 0.3 is 5.66 Å². The Balaban J connectivity index is 1.68. The highest BCUT2D eigenvalue weighted by Gasteiger charge is 2.64. The number of aromatic nitrogens is 1. The predicted molar refractivity (Wildman–Crippen MR) is 110 cm³/mol. The van der Waals surface area contributed by atoms with E-state index in [1.807, 2.05) is 0 Å². The second-order valence-corrected chi connectivity index (χ2v) is 8.88. The van der Waals surface area contributed by atoms with Gasteiger partial charge in [-0.2, -0.15) is 4.57 Å². The summed E-state index contributed by atoms with van der Waals surface area (Å²) < 4.78 is 2.68. The van der Waals surface area contributed by atoms with Crippen LogP contribution < -0.4 is 4.57 Å². The molecule has 136 valence electrons. The van der Waals surface area contributed by atoms with Gasteiger partial charge in [0.05, 0.1) is 29.7 Å². The Morgan fingerprint density at radius 2 is 1.31 bits per heavy atom. The van der Waals surface area contributed by atoms with E-state index < -0.39 is 0 Å². The molecule has 0 amide bonds. The first-order chi connectivity index (χ1) is 14.4. The maximum Gasteiger partial charge on any atom is 0.302 e. The number of benzene rings is 2. The third-order valence-electron chi connectivity index (χ3n) is 7.53. The van der Waals surface area contributed by atoms with Gasteiger partial charge in [0.25, 0.3) is 0 Å². The molecule has 0 saturated heterocycles. The second-order valence-electron chi connectivity index (χ2n) is 8.88. The zero-order valence-corrected chi connectivity index (χ0v) is 16.1. The molecule has 2 nitrogen and oxygen atoms in total. The first-order valence-corrected chi connectivity index (χ1v) is 10.6. The third-order valence-corrected chi connectivity index (χ3v) is 7.53. The number of nitrogens with zero attached hydrogens (tertiary/aromatic N) is 2. The molecular weight excluding hydrogens is 352 g/mol. The molecular formula is C27H19N2+. The van der Waals surface area contributed by atoms with E-state index in [9.17, 15) is 0 Å². The van der Waals surface area contributed by atoms with Gasteiger partial charge in [0.15, 0.2) is 11.4 Å². The summed E-state index contributed by atoms with van der Waals surface area (Å²) in [4.78, 5) is 2.65. The van der Waals surface area contributed by atoms with Crippen LogP contribution in [0.2, 0.25) is 0 Å². The molecule has 29 heavy (non-hydrogen) atoms. The van der Waals surface area contributed by atoms with Gasteiger partial charge in [-0.15, -0.1) is 0 Å². The summed E-state index contributed by atoms with van der Waals surface area (Å²) in [6, 6.07) is 20.8. The molecule has 0 aliphatic carbocycles. The van der Waals surface area contributed by atoms with Crippen LogP contribution in [0.25, 0.3) is 0 Å². The minimum atomic E-state index is -0.292. The molecule has 6 heterocycles. The summed E-state index contributed by atoms with van der Waals surface area (Å²) in [5.74, 6) is 0. The summed E-state index contributed by atoms with van der Waals surface area (Å²) >= 11 is 0. The summed E-state index contributed by atoms with van der Waals surface area (Å²) in [5, 5.41) is 0. The maximum absolute atomic E-state index is 3.62. The van der Waals surface area contributed by atoms with Crippen LogP contribution in [0.1, 0.15) is 44.8 Å². The predicted octanol–water partition coefficient (Wildman–Crippen LogP) is 3.88. The van der Waals surface area contributed by atoms with Crippen molar-refractivity contribution in [2.75, 3.05) is 0 Å². The van der Waals surface area contributed by atoms with Crippen molar-refractivity contribution in [3.8, 4) is 0 Å². The van der Waals surface area contributed by atoms with Crippen molar-refractivity contribution in [3.63, 3.8) is 0 Å². The normalized spacial score (nSPS) is 23.1. The van der Waals surface area contributed by atoms with Gasteiger partial charge in [-0.05, 0) is 40.5 Å². The molecule has 0 fully saturated rings. The Bertz CT molecular complexity index is 1390. The van der Waals surface area contributed by atoms with E-state index >= 15 is 0 Å². The number of allylic oxidation sites excluding steroid dienone is 3. The van der Waals surface area contributed by atoms with Crippen molar-refractivity contribution in [3.05, 3.63) is 129 Å². The number of pyridine rings is 1. The molecule has 1 aromatic heterocycles. The van der Waals surface area contributed by atoms with Crippen LogP contribution in [-0.2, 0) is 31.3 Å². The Hall–Kier alpha value is -3.35. The zero-order chi connectivity index (χ0) is 18.7. The lowest BCUT2D eigenvalue weighted by molar-refractivity contribution is -0.780. The minimum absolute atomic E-state index is 0.292. The third kappa shape index (κ3) is 1.47. The van der Waals surface area contributed by atoms with Crippen molar-refractivity contribution < 1.29 is 4.57 Å². The molecule has 8 rings (SSSR count). The van der Waals surface area contributed by atoms with Crippen molar-refractivity contribution in [1.82, 2.24) is 4.90 Å². The SMILES string of the molecule is C1=CC=C2Cc3cccc4c3[C@]35c6c(cccc6Cc6cccc([n+]63)C4)CC=1N25. The van der Waals surface area contributed by atoms with Gasteiger partial charge in [-0.3, -0.25) is 4.90 Å². The summed E-state index contributed by atoms with van der Waals surface area (Å²) in [5.41, 5.74) is 17.9. The van der Waals surface area contributed by atoms with Gasteiger partial charge in [0, 0.05) is 30.7 Å². The van der Waals surface area contributed by atoms with Crippen LogP contribution in [0.3, 0.4) is 0 Å². The highest BCUT2D eigenvalue weighted by atomic mass is 15.4. The smallest absolute Gasteiger partial charge is 0.273 e. The molecule has 0 radical (unpaired) electrons. The zero-order valence-electron chi connectivity index (χ0n) is 16.1. The average molecular weight is 371 g/mol. The van der Waals surface area contributed by atoms with E-state index in [4.69, 9.17) is 0 Å². The molecule has 0 bridgehead atoms. The van der Waals surface area contributed by atoms with Crippen molar-refractivity contribution in [2.45, 2.75) is 31.3 Å². The van der Waals surface area contributed by atoms with Crippen LogP contribution in [-0.4, -0.2) is 4.90 Å². The van der Waals surface area contributed by atoms with E-state index in [1.165, 1.54) is 56.2 Å². The fraction of sp³-hybridized carbons (Fsp3) is 0.185. The molecule has 0 N–H and O–H groups in total. The Labute approximate surface area is 169 Å². The number of hydrogen-bond acceptors (Lipinski definition) is 1. The first-order valence-electron chi connectivity index (χ1n) is 10.6. The van der Waals surface area contributed by atoms with E-state index in [0.29, 0.717) is 0 Å². The number of rotatable bonds is 0. The molecule has 5 aliphatic heterocycles. The van der Waals surface area contributed by atoms with Crippen LogP contribution in [0.15, 0.2) is 83.9 Å². The minimum Gasteiger partial charge on any atom is -0.273 e. The molecule has 0 saturated carbocycles. The fourth-order valence-corrected chi connectivity index (χ4v) is 6.74.